The number of nitrogens with one attached hydrogen (secondary N) is 2. The number of rotatable bonds is 5. The molecule has 3 aromatic rings. The van der Waals surface area contributed by atoms with E-state index >= 15 is 4.39 Å². The zero-order chi connectivity index (χ0) is 24.5. The molecule has 2 N–H and O–H groups in total. The third-order valence-corrected chi connectivity index (χ3v) is 7.58. The van der Waals surface area contributed by atoms with Gasteiger partial charge in [0, 0.05) is 44.3 Å². The summed E-state index contributed by atoms with van der Waals surface area (Å²) in [5, 5.41) is 4.27. The van der Waals surface area contributed by atoms with Crippen LogP contribution < -0.4 is 21.1 Å². The Bertz CT molecular complexity index is 1340. The van der Waals surface area contributed by atoms with E-state index in [1.54, 1.807) is 10.6 Å². The molecule has 2 aliphatic heterocycles. The predicted molar refractivity (Wildman–Crippen MR) is 135 cm³/mol. The minimum atomic E-state index is -0.692. The van der Waals surface area contributed by atoms with Gasteiger partial charge < -0.3 is 14.8 Å². The van der Waals surface area contributed by atoms with Crippen LogP contribution in [-0.4, -0.2) is 53.3 Å². The average molecular weight is 496 g/mol. The number of aryl methyl sites for hydroxylation is 1. The Morgan fingerprint density at radius 3 is 2.63 bits per heavy atom. The number of hydrogen-bond donors (Lipinski definition) is 2. The van der Waals surface area contributed by atoms with Crippen LogP contribution in [0.5, 0.6) is 0 Å². The van der Waals surface area contributed by atoms with Crippen molar-refractivity contribution >= 4 is 40.2 Å². The van der Waals surface area contributed by atoms with Crippen molar-refractivity contribution in [1.82, 2.24) is 20.3 Å². The van der Waals surface area contributed by atoms with Crippen molar-refractivity contribution in [3.8, 4) is 0 Å². The van der Waals surface area contributed by atoms with Gasteiger partial charge in [0.2, 0.25) is 5.43 Å². The van der Waals surface area contributed by atoms with E-state index in [2.05, 4.69) is 10.7 Å². The molecule has 1 unspecified atom stereocenters. The number of pyridine rings is 1. The molecule has 182 valence electrons. The Morgan fingerprint density at radius 2 is 1.91 bits per heavy atom. The van der Waals surface area contributed by atoms with Gasteiger partial charge >= 0.3 is 0 Å². The van der Waals surface area contributed by atoms with Gasteiger partial charge in [-0.1, -0.05) is 30.3 Å². The van der Waals surface area contributed by atoms with E-state index < -0.39 is 17.2 Å². The number of fused-ring (bicyclic) bond motifs is 1. The highest BCUT2D eigenvalue weighted by Gasteiger charge is 2.35. The minimum Gasteiger partial charge on any atom is -0.367 e. The summed E-state index contributed by atoms with van der Waals surface area (Å²) in [6.07, 6.45) is 1.49. The molecule has 2 aliphatic rings. The molecule has 2 aromatic carbocycles. The molecule has 35 heavy (non-hydrogen) atoms. The lowest BCUT2D eigenvalue weighted by Gasteiger charge is -2.30. The van der Waals surface area contributed by atoms with E-state index in [-0.39, 0.29) is 28.0 Å². The van der Waals surface area contributed by atoms with Gasteiger partial charge in [0.1, 0.15) is 16.8 Å². The van der Waals surface area contributed by atoms with Gasteiger partial charge in [0.15, 0.2) is 0 Å². The number of hydrogen-bond acceptors (Lipinski definition) is 6. The fraction of sp³-hybridized carbons (Fsp3) is 0.320. The van der Waals surface area contributed by atoms with Gasteiger partial charge in [-0.2, -0.15) is 0 Å². The summed E-state index contributed by atoms with van der Waals surface area (Å²) in [7, 11) is 0. The molecule has 1 atom stereocenters. The SMILES string of the molecule is CCn1cc(C(=O)NN2C(=O)CSC2c2ccccc2)c(=O)c2cc(F)c(N3CCNCC3)cc21. The normalized spacial score (nSPS) is 18.3. The lowest BCUT2D eigenvalue weighted by Crippen LogP contribution is -2.46. The standard InChI is InChI=1S/C25H26FN5O3S/c1-2-29-14-18(24(34)28-31-22(32)15-35-25(31)16-6-4-3-5-7-16)23(33)17-12-19(26)21(13-20(17)29)30-10-8-27-9-11-30/h3-7,12-14,25,27H,2,8-11,15H2,1H3,(H,28,34). The third kappa shape index (κ3) is 4.39. The second-order valence-electron chi connectivity index (χ2n) is 8.49. The number of hydrazine groups is 1. The maximum atomic E-state index is 15.1. The van der Waals surface area contributed by atoms with Crippen LogP contribution in [-0.2, 0) is 11.3 Å². The number of anilines is 1. The largest absolute Gasteiger partial charge is 0.367 e. The van der Waals surface area contributed by atoms with E-state index in [9.17, 15) is 14.4 Å². The first-order valence-electron chi connectivity index (χ1n) is 11.6. The topological polar surface area (TPSA) is 86.7 Å². The summed E-state index contributed by atoms with van der Waals surface area (Å²) in [6.45, 7) is 5.23. The van der Waals surface area contributed by atoms with Crippen molar-refractivity contribution in [3.63, 3.8) is 0 Å². The number of carbonyl (C=O) groups excluding carboxylic acids is 2. The first kappa shape index (κ1) is 23.4. The maximum absolute atomic E-state index is 15.1. The van der Waals surface area contributed by atoms with Crippen LogP contribution in [0.3, 0.4) is 0 Å². The van der Waals surface area contributed by atoms with Crippen molar-refractivity contribution in [2.24, 2.45) is 0 Å². The van der Waals surface area contributed by atoms with Gasteiger partial charge in [-0.15, -0.1) is 11.8 Å². The van der Waals surface area contributed by atoms with Crippen molar-refractivity contribution in [3.05, 3.63) is 75.8 Å². The zero-order valence-electron chi connectivity index (χ0n) is 19.3. The molecule has 0 spiro atoms. The molecule has 0 bridgehead atoms. The van der Waals surface area contributed by atoms with Crippen LogP contribution >= 0.6 is 11.8 Å². The van der Waals surface area contributed by atoms with Crippen LogP contribution in [0.2, 0.25) is 0 Å². The van der Waals surface area contributed by atoms with E-state index in [0.29, 0.717) is 30.8 Å². The Labute approximate surface area is 206 Å². The van der Waals surface area contributed by atoms with Crippen LogP contribution in [0.25, 0.3) is 10.9 Å². The summed E-state index contributed by atoms with van der Waals surface area (Å²) < 4.78 is 16.9. The number of carbonyl (C=O) groups is 2. The van der Waals surface area contributed by atoms with Gasteiger partial charge in [-0.05, 0) is 24.6 Å². The number of halogens is 1. The predicted octanol–water partition coefficient (Wildman–Crippen LogP) is 2.49. The first-order valence-corrected chi connectivity index (χ1v) is 12.6. The van der Waals surface area contributed by atoms with Crippen molar-refractivity contribution in [2.45, 2.75) is 18.8 Å². The average Bonchev–Trinajstić information content (AvgIpc) is 3.25. The molecule has 3 heterocycles. The van der Waals surface area contributed by atoms with Crippen LogP contribution in [0, 0.1) is 5.82 Å². The zero-order valence-corrected chi connectivity index (χ0v) is 20.1. The molecule has 0 saturated carbocycles. The van der Waals surface area contributed by atoms with E-state index in [0.717, 1.165) is 18.7 Å². The number of piperazine rings is 1. The lowest BCUT2D eigenvalue weighted by atomic mass is 10.1. The summed E-state index contributed by atoms with van der Waals surface area (Å²) >= 11 is 1.40. The van der Waals surface area contributed by atoms with Crippen LogP contribution in [0.4, 0.5) is 10.1 Å². The van der Waals surface area contributed by atoms with Crippen LogP contribution in [0.1, 0.15) is 28.2 Å². The Kier molecular flexibility index (Phi) is 6.48. The van der Waals surface area contributed by atoms with Gasteiger partial charge in [-0.25, -0.2) is 9.40 Å². The number of nitrogens with zero attached hydrogens (tertiary/aromatic N) is 3. The lowest BCUT2D eigenvalue weighted by molar-refractivity contribution is -0.130. The van der Waals surface area contributed by atoms with E-state index in [4.69, 9.17) is 0 Å². The highest BCUT2D eigenvalue weighted by Crippen LogP contribution is 2.37. The number of aromatic nitrogens is 1. The van der Waals surface area contributed by atoms with Crippen LogP contribution in [0.15, 0.2) is 53.5 Å². The van der Waals surface area contributed by atoms with E-state index in [1.807, 2.05) is 42.2 Å². The monoisotopic (exact) mass is 495 g/mol. The van der Waals surface area contributed by atoms with Gasteiger partial charge in [-0.3, -0.25) is 19.8 Å². The van der Waals surface area contributed by atoms with E-state index in [1.165, 1.54) is 29.0 Å². The number of amides is 2. The molecule has 2 amide bonds. The van der Waals surface area contributed by atoms with Gasteiger partial charge in [0.25, 0.3) is 11.8 Å². The highest BCUT2D eigenvalue weighted by atomic mass is 32.2. The highest BCUT2D eigenvalue weighted by molar-refractivity contribution is 8.00. The Balaban J connectivity index is 1.50. The number of thioether (sulfide) groups is 1. The first-order chi connectivity index (χ1) is 17.0. The fourth-order valence-electron chi connectivity index (χ4n) is 4.55. The minimum absolute atomic E-state index is 0.134. The maximum Gasteiger partial charge on any atom is 0.275 e. The molecule has 0 radical (unpaired) electrons. The molecular weight excluding hydrogens is 469 g/mol. The molecule has 0 aliphatic carbocycles. The molecule has 1 aromatic heterocycles. The fourth-order valence-corrected chi connectivity index (χ4v) is 5.66. The molecule has 10 heteroatoms. The summed E-state index contributed by atoms with van der Waals surface area (Å²) in [4.78, 5) is 41.0. The van der Waals surface area contributed by atoms with Crippen molar-refractivity contribution in [2.75, 3.05) is 36.8 Å². The molecular formula is C25H26FN5O3S. The summed E-state index contributed by atoms with van der Waals surface area (Å²) in [5.41, 5.74) is 3.82. The molecule has 2 saturated heterocycles. The molecule has 5 rings (SSSR count). The molecule has 2 fully saturated rings. The third-order valence-electron chi connectivity index (χ3n) is 6.37. The summed E-state index contributed by atoms with van der Waals surface area (Å²) in [5.74, 6) is -1.22. The molecule has 8 nitrogen and oxygen atoms in total. The Hall–Kier alpha value is -3.37. The quantitative estimate of drug-likeness (QED) is 0.566. The summed E-state index contributed by atoms with van der Waals surface area (Å²) in [6, 6.07) is 12.3. The van der Waals surface area contributed by atoms with Crippen molar-refractivity contribution < 1.29 is 14.0 Å². The smallest absolute Gasteiger partial charge is 0.275 e. The van der Waals surface area contributed by atoms with Gasteiger partial charge in [0.05, 0.1) is 17.0 Å². The second-order valence-corrected chi connectivity index (χ2v) is 9.56. The second kappa shape index (κ2) is 9.71. The number of benzene rings is 2. The Morgan fingerprint density at radius 1 is 1.17 bits per heavy atom. The van der Waals surface area contributed by atoms with Crippen molar-refractivity contribution in [1.29, 1.82) is 0 Å².